The molecule has 7 heteroatoms. The number of benzene rings is 2. The van der Waals surface area contributed by atoms with E-state index in [0.29, 0.717) is 11.6 Å². The first-order valence-corrected chi connectivity index (χ1v) is 7.16. The van der Waals surface area contributed by atoms with E-state index in [4.69, 9.17) is 11.6 Å². The standard InChI is InChI=1S/C16H14ClF3N2O/c17-13-7-3-1-5-11(13)9-21-10-15(23)22-14-8-4-2-6-12(14)16(18,19)20/h1-8,21H,9-10H2,(H,22,23). The number of hydrogen-bond donors (Lipinski definition) is 2. The van der Waals surface area contributed by atoms with E-state index < -0.39 is 17.6 Å². The molecule has 2 aromatic rings. The van der Waals surface area contributed by atoms with Crippen LogP contribution in [0.25, 0.3) is 0 Å². The first kappa shape index (κ1) is 17.3. The Morgan fingerprint density at radius 3 is 2.39 bits per heavy atom. The van der Waals surface area contributed by atoms with Gasteiger partial charge in [0.1, 0.15) is 0 Å². The van der Waals surface area contributed by atoms with Crippen molar-refractivity contribution >= 4 is 23.2 Å². The Hall–Kier alpha value is -2.05. The molecule has 0 aromatic heterocycles. The lowest BCUT2D eigenvalue weighted by atomic mass is 10.1. The largest absolute Gasteiger partial charge is 0.418 e. The molecule has 0 fully saturated rings. The number of rotatable bonds is 5. The van der Waals surface area contributed by atoms with Crippen molar-refractivity contribution in [1.82, 2.24) is 5.32 Å². The second-order valence-corrected chi connectivity index (χ2v) is 5.19. The molecule has 1 amide bonds. The smallest absolute Gasteiger partial charge is 0.324 e. The lowest BCUT2D eigenvalue weighted by molar-refractivity contribution is -0.137. The van der Waals surface area contributed by atoms with E-state index in [0.717, 1.165) is 11.6 Å². The number of nitrogens with one attached hydrogen (secondary N) is 2. The third kappa shape index (κ3) is 4.97. The van der Waals surface area contributed by atoms with E-state index in [9.17, 15) is 18.0 Å². The van der Waals surface area contributed by atoms with Gasteiger partial charge in [-0.25, -0.2) is 0 Å². The number of halogens is 4. The van der Waals surface area contributed by atoms with Crippen molar-refractivity contribution in [2.75, 3.05) is 11.9 Å². The first-order chi connectivity index (χ1) is 10.9. The minimum Gasteiger partial charge on any atom is -0.324 e. The molecular formula is C16H14ClF3N2O. The molecule has 0 atom stereocenters. The van der Waals surface area contributed by atoms with E-state index in [-0.39, 0.29) is 12.2 Å². The number of carbonyl (C=O) groups is 1. The van der Waals surface area contributed by atoms with Crippen molar-refractivity contribution in [3.63, 3.8) is 0 Å². The molecule has 0 saturated heterocycles. The van der Waals surface area contributed by atoms with Gasteiger partial charge in [-0.3, -0.25) is 4.79 Å². The zero-order valence-corrected chi connectivity index (χ0v) is 12.7. The Bertz CT molecular complexity index is 689. The topological polar surface area (TPSA) is 41.1 Å². The van der Waals surface area contributed by atoms with Crippen molar-refractivity contribution in [2.24, 2.45) is 0 Å². The Morgan fingerprint density at radius 2 is 1.70 bits per heavy atom. The third-order valence-electron chi connectivity index (χ3n) is 3.07. The molecule has 0 aliphatic heterocycles. The molecule has 0 saturated carbocycles. The van der Waals surface area contributed by atoms with Crippen LogP contribution in [0.1, 0.15) is 11.1 Å². The molecule has 2 N–H and O–H groups in total. The van der Waals surface area contributed by atoms with Crippen LogP contribution in [-0.4, -0.2) is 12.5 Å². The van der Waals surface area contributed by atoms with Crippen LogP contribution in [0.3, 0.4) is 0 Å². The van der Waals surface area contributed by atoms with E-state index in [1.807, 2.05) is 6.07 Å². The summed E-state index contributed by atoms with van der Waals surface area (Å²) in [6.07, 6.45) is -4.52. The predicted octanol–water partition coefficient (Wildman–Crippen LogP) is 4.09. The summed E-state index contributed by atoms with van der Waals surface area (Å²) in [4.78, 5) is 11.8. The van der Waals surface area contributed by atoms with Crippen LogP contribution in [0.5, 0.6) is 0 Å². The molecule has 23 heavy (non-hydrogen) atoms. The number of anilines is 1. The maximum atomic E-state index is 12.8. The van der Waals surface area contributed by atoms with E-state index in [2.05, 4.69) is 10.6 Å². The van der Waals surface area contributed by atoms with Crippen LogP contribution in [-0.2, 0) is 17.5 Å². The summed E-state index contributed by atoms with van der Waals surface area (Å²) < 4.78 is 38.5. The molecule has 2 rings (SSSR count). The zero-order valence-electron chi connectivity index (χ0n) is 12.0. The van der Waals surface area contributed by atoms with Gasteiger partial charge < -0.3 is 10.6 Å². The number of carbonyl (C=O) groups excluding carboxylic acids is 1. The zero-order chi connectivity index (χ0) is 16.9. The Kier molecular flexibility index (Phi) is 5.63. The average molecular weight is 343 g/mol. The molecule has 3 nitrogen and oxygen atoms in total. The Morgan fingerprint density at radius 1 is 1.04 bits per heavy atom. The Balaban J connectivity index is 1.92. The lowest BCUT2D eigenvalue weighted by Crippen LogP contribution is -2.28. The quantitative estimate of drug-likeness (QED) is 0.859. The van der Waals surface area contributed by atoms with Crippen LogP contribution >= 0.6 is 11.6 Å². The maximum Gasteiger partial charge on any atom is 0.418 e. The summed E-state index contributed by atoms with van der Waals surface area (Å²) in [6, 6.07) is 12.0. The van der Waals surface area contributed by atoms with Gasteiger partial charge in [-0.2, -0.15) is 13.2 Å². The molecule has 0 aliphatic rings. The fourth-order valence-electron chi connectivity index (χ4n) is 1.99. The minimum absolute atomic E-state index is 0.128. The maximum absolute atomic E-state index is 12.8. The highest BCUT2D eigenvalue weighted by molar-refractivity contribution is 6.31. The summed E-state index contributed by atoms with van der Waals surface area (Å²) in [5, 5.41) is 5.66. The van der Waals surface area contributed by atoms with Gasteiger partial charge in [0.05, 0.1) is 17.8 Å². The summed E-state index contributed by atoms with van der Waals surface area (Å²) >= 11 is 5.97. The molecule has 2 aromatic carbocycles. The molecule has 0 bridgehead atoms. The molecule has 0 spiro atoms. The predicted molar refractivity (Wildman–Crippen MR) is 83.2 cm³/mol. The Labute approximate surface area is 136 Å². The fourth-order valence-corrected chi connectivity index (χ4v) is 2.19. The van der Waals surface area contributed by atoms with Gasteiger partial charge in [-0.1, -0.05) is 41.9 Å². The SMILES string of the molecule is O=C(CNCc1ccccc1Cl)Nc1ccccc1C(F)(F)F. The summed E-state index contributed by atoms with van der Waals surface area (Å²) in [7, 11) is 0. The third-order valence-corrected chi connectivity index (χ3v) is 3.43. The summed E-state index contributed by atoms with van der Waals surface area (Å²) in [5.41, 5.74) is -0.332. The van der Waals surface area contributed by atoms with Crippen LogP contribution < -0.4 is 10.6 Å². The van der Waals surface area contributed by atoms with Gasteiger partial charge in [0.15, 0.2) is 0 Å². The highest BCUT2D eigenvalue weighted by Gasteiger charge is 2.33. The molecule has 0 radical (unpaired) electrons. The minimum atomic E-state index is -4.52. The fraction of sp³-hybridized carbons (Fsp3) is 0.188. The van der Waals surface area contributed by atoms with Gasteiger partial charge in [-0.15, -0.1) is 0 Å². The molecule has 0 aliphatic carbocycles. The van der Waals surface area contributed by atoms with Crippen LogP contribution in [0.2, 0.25) is 5.02 Å². The van der Waals surface area contributed by atoms with Gasteiger partial charge in [0, 0.05) is 11.6 Å². The van der Waals surface area contributed by atoms with Gasteiger partial charge in [0.2, 0.25) is 5.91 Å². The summed E-state index contributed by atoms with van der Waals surface area (Å²) in [6.45, 7) is 0.214. The van der Waals surface area contributed by atoms with Gasteiger partial charge >= 0.3 is 6.18 Å². The van der Waals surface area contributed by atoms with E-state index >= 15 is 0 Å². The number of alkyl halides is 3. The highest BCUT2D eigenvalue weighted by Crippen LogP contribution is 2.34. The van der Waals surface area contributed by atoms with Crippen molar-refractivity contribution in [1.29, 1.82) is 0 Å². The van der Waals surface area contributed by atoms with Crippen molar-refractivity contribution in [3.05, 3.63) is 64.7 Å². The molecular weight excluding hydrogens is 329 g/mol. The van der Waals surface area contributed by atoms with E-state index in [1.165, 1.54) is 18.2 Å². The highest BCUT2D eigenvalue weighted by atomic mass is 35.5. The second kappa shape index (κ2) is 7.48. The number of hydrogen-bond acceptors (Lipinski definition) is 2. The van der Waals surface area contributed by atoms with Gasteiger partial charge in [-0.05, 0) is 23.8 Å². The molecule has 122 valence electrons. The first-order valence-electron chi connectivity index (χ1n) is 6.78. The summed E-state index contributed by atoms with van der Waals surface area (Å²) in [5.74, 6) is -0.561. The molecule has 0 heterocycles. The molecule has 0 unspecified atom stereocenters. The van der Waals surface area contributed by atoms with Crippen LogP contribution in [0.15, 0.2) is 48.5 Å². The number of amides is 1. The monoisotopic (exact) mass is 342 g/mol. The van der Waals surface area contributed by atoms with Crippen molar-refractivity contribution in [2.45, 2.75) is 12.7 Å². The van der Waals surface area contributed by atoms with Gasteiger partial charge in [0.25, 0.3) is 0 Å². The normalized spacial score (nSPS) is 11.3. The second-order valence-electron chi connectivity index (χ2n) is 4.79. The van der Waals surface area contributed by atoms with E-state index in [1.54, 1.807) is 18.2 Å². The van der Waals surface area contributed by atoms with Crippen molar-refractivity contribution < 1.29 is 18.0 Å². The van der Waals surface area contributed by atoms with Crippen molar-refractivity contribution in [3.8, 4) is 0 Å². The van der Waals surface area contributed by atoms with Crippen LogP contribution in [0.4, 0.5) is 18.9 Å². The lowest BCUT2D eigenvalue weighted by Gasteiger charge is -2.13. The average Bonchev–Trinajstić information content (AvgIpc) is 2.49. The van der Waals surface area contributed by atoms with Crippen LogP contribution in [0, 0.1) is 0 Å². The number of para-hydroxylation sites is 1.